The van der Waals surface area contributed by atoms with Gasteiger partial charge < -0.3 is 20.3 Å². The number of fused-ring (bicyclic) bond motifs is 1. The first kappa shape index (κ1) is 23.5. The molecule has 2 atom stereocenters. The minimum atomic E-state index is 0.000110. The van der Waals surface area contributed by atoms with Crippen molar-refractivity contribution in [1.82, 2.24) is 20.3 Å². The summed E-state index contributed by atoms with van der Waals surface area (Å²) in [6.45, 7) is 9.77. The molecule has 0 spiro atoms. The van der Waals surface area contributed by atoms with E-state index in [1.807, 2.05) is 32.1 Å². The lowest BCUT2D eigenvalue weighted by molar-refractivity contribution is -0.119. The number of carbonyl (C=O) groups excluding carboxylic acids is 1. The molecule has 1 aromatic carbocycles. The van der Waals surface area contributed by atoms with Gasteiger partial charge in [-0.1, -0.05) is 18.2 Å². The Bertz CT molecular complexity index is 1200. The Kier molecular flexibility index (Phi) is 7.25. The zero-order chi connectivity index (χ0) is 24.1. The second kappa shape index (κ2) is 10.5. The lowest BCUT2D eigenvalue weighted by Gasteiger charge is -2.20. The van der Waals surface area contributed by atoms with E-state index in [4.69, 9.17) is 9.72 Å². The van der Waals surface area contributed by atoms with Crippen LogP contribution >= 0.6 is 0 Å². The maximum atomic E-state index is 11.4. The first-order valence-corrected chi connectivity index (χ1v) is 11.7. The molecule has 178 valence electrons. The lowest BCUT2D eigenvalue weighted by atomic mass is 10.0. The van der Waals surface area contributed by atoms with Crippen molar-refractivity contribution >= 4 is 34.5 Å². The quantitative estimate of drug-likeness (QED) is 0.486. The van der Waals surface area contributed by atoms with Gasteiger partial charge >= 0.3 is 0 Å². The van der Waals surface area contributed by atoms with Gasteiger partial charge in [-0.3, -0.25) is 4.79 Å². The van der Waals surface area contributed by atoms with Gasteiger partial charge in [-0.2, -0.15) is 0 Å². The monoisotopic (exact) mass is 460 g/mol. The molecule has 1 fully saturated rings. The van der Waals surface area contributed by atoms with Crippen molar-refractivity contribution in [2.75, 3.05) is 29.9 Å². The Morgan fingerprint density at radius 2 is 2.18 bits per heavy atom. The first-order chi connectivity index (χ1) is 16.4. The third kappa shape index (κ3) is 5.62. The molecule has 0 radical (unpaired) electrons. The normalized spacial score (nSPS) is 16.7. The smallest absolute Gasteiger partial charge is 0.217 e. The summed E-state index contributed by atoms with van der Waals surface area (Å²) in [4.78, 5) is 27.6. The van der Waals surface area contributed by atoms with Crippen LogP contribution in [0.5, 0.6) is 0 Å². The highest BCUT2D eigenvalue weighted by molar-refractivity contribution is 5.90. The number of anilines is 2. The average molecular weight is 461 g/mol. The van der Waals surface area contributed by atoms with E-state index < -0.39 is 0 Å². The van der Waals surface area contributed by atoms with Gasteiger partial charge in [0.2, 0.25) is 5.91 Å². The van der Waals surface area contributed by atoms with Crippen molar-refractivity contribution in [3.63, 3.8) is 0 Å². The second-order valence-electron chi connectivity index (χ2n) is 8.61. The number of pyridine rings is 1. The molecule has 34 heavy (non-hydrogen) atoms. The third-order valence-corrected chi connectivity index (χ3v) is 5.89. The zero-order valence-corrected chi connectivity index (χ0v) is 20.2. The maximum absolute atomic E-state index is 11.4. The molecule has 1 amide bonds. The fourth-order valence-corrected chi connectivity index (χ4v) is 4.24. The van der Waals surface area contributed by atoms with E-state index in [0.717, 1.165) is 53.2 Å². The predicted molar refractivity (Wildman–Crippen MR) is 136 cm³/mol. The molecule has 0 bridgehead atoms. The van der Waals surface area contributed by atoms with E-state index in [1.54, 1.807) is 19.4 Å². The number of amides is 1. The van der Waals surface area contributed by atoms with Crippen LogP contribution in [0.4, 0.5) is 11.6 Å². The fraction of sp³-hybridized carbons (Fsp3) is 0.385. The number of carbonyl (C=O) groups is 1. The summed E-state index contributed by atoms with van der Waals surface area (Å²) < 4.78 is 5.33. The molecule has 1 aliphatic rings. The van der Waals surface area contributed by atoms with Crippen LogP contribution in [0.3, 0.4) is 0 Å². The standard InChI is InChI=1S/C26H32N6O2/c1-5-34-12-10-20-7-6-8-21(13-20)17(2)28-26-23-14-25(27-15-24(23)29-18(3)30-26)32-11-9-22(16-32)31-19(4)33/h6-8,10,12-15,17,22H,5,9,11,16H2,1-4H3,(H,31,33)(H,28,29,30)/b12-10+/t17-,22-/m1/s1. The van der Waals surface area contributed by atoms with Gasteiger partial charge in [0.1, 0.15) is 17.5 Å². The van der Waals surface area contributed by atoms with Gasteiger partial charge in [0.25, 0.3) is 0 Å². The van der Waals surface area contributed by atoms with Crippen LogP contribution in [0.1, 0.15) is 50.2 Å². The van der Waals surface area contributed by atoms with Crippen molar-refractivity contribution in [2.45, 2.75) is 46.2 Å². The molecule has 4 rings (SSSR count). The first-order valence-electron chi connectivity index (χ1n) is 11.7. The topological polar surface area (TPSA) is 92.3 Å². The molecule has 2 N–H and O–H groups in total. The van der Waals surface area contributed by atoms with E-state index in [0.29, 0.717) is 12.4 Å². The number of benzene rings is 1. The van der Waals surface area contributed by atoms with Crippen LogP contribution in [-0.4, -0.2) is 46.6 Å². The largest absolute Gasteiger partial charge is 0.501 e. The molecule has 0 saturated carbocycles. The SMILES string of the molecule is CCO/C=C/c1cccc([C@@H](C)Nc2nc(C)nc3cnc(N4CC[C@@H](NC(C)=O)C4)cc23)c1. The number of nitrogens with zero attached hydrogens (tertiary/aromatic N) is 4. The molecule has 3 heterocycles. The van der Waals surface area contributed by atoms with Crippen molar-refractivity contribution < 1.29 is 9.53 Å². The third-order valence-electron chi connectivity index (χ3n) is 5.89. The van der Waals surface area contributed by atoms with Crippen molar-refractivity contribution in [3.05, 3.63) is 59.7 Å². The van der Waals surface area contributed by atoms with Crippen molar-refractivity contribution in [2.24, 2.45) is 0 Å². The zero-order valence-electron chi connectivity index (χ0n) is 20.2. The summed E-state index contributed by atoms with van der Waals surface area (Å²) in [5.41, 5.74) is 3.03. The number of aryl methyl sites for hydroxylation is 1. The molecular formula is C26H32N6O2. The molecule has 1 aliphatic heterocycles. The van der Waals surface area contributed by atoms with Gasteiger partial charge in [-0.25, -0.2) is 15.0 Å². The highest BCUT2D eigenvalue weighted by Crippen LogP contribution is 2.29. The van der Waals surface area contributed by atoms with Crippen LogP contribution in [-0.2, 0) is 9.53 Å². The van der Waals surface area contributed by atoms with Gasteiger partial charge in [0.05, 0.1) is 24.6 Å². The Morgan fingerprint density at radius 1 is 1.32 bits per heavy atom. The molecule has 1 saturated heterocycles. The number of ether oxygens (including phenoxy) is 1. The van der Waals surface area contributed by atoms with E-state index in [2.05, 4.69) is 50.6 Å². The molecule has 3 aromatic rings. The Balaban J connectivity index is 1.58. The number of hydrogen-bond acceptors (Lipinski definition) is 7. The molecule has 2 aromatic heterocycles. The number of rotatable bonds is 8. The number of aromatic nitrogens is 3. The van der Waals surface area contributed by atoms with Crippen LogP contribution in [0.15, 0.2) is 42.8 Å². The summed E-state index contributed by atoms with van der Waals surface area (Å²) in [6.07, 6.45) is 6.40. The molecule has 8 nitrogen and oxygen atoms in total. The number of nitrogens with one attached hydrogen (secondary N) is 2. The minimum absolute atomic E-state index is 0.000110. The Morgan fingerprint density at radius 3 is 2.97 bits per heavy atom. The lowest BCUT2D eigenvalue weighted by Crippen LogP contribution is -2.35. The Hall–Kier alpha value is -3.68. The van der Waals surface area contributed by atoms with Crippen LogP contribution in [0.25, 0.3) is 17.0 Å². The maximum Gasteiger partial charge on any atom is 0.217 e. The van der Waals surface area contributed by atoms with Crippen LogP contribution < -0.4 is 15.5 Å². The van der Waals surface area contributed by atoms with E-state index in [-0.39, 0.29) is 18.0 Å². The summed E-state index contributed by atoms with van der Waals surface area (Å²) in [5, 5.41) is 7.51. The number of hydrogen-bond donors (Lipinski definition) is 2. The summed E-state index contributed by atoms with van der Waals surface area (Å²) in [7, 11) is 0. The second-order valence-corrected chi connectivity index (χ2v) is 8.61. The molecule has 0 unspecified atom stereocenters. The van der Waals surface area contributed by atoms with Gasteiger partial charge in [0, 0.05) is 37.5 Å². The Labute approximate surface area is 200 Å². The average Bonchev–Trinajstić information content (AvgIpc) is 3.27. The minimum Gasteiger partial charge on any atom is -0.501 e. The molecular weight excluding hydrogens is 428 g/mol. The van der Waals surface area contributed by atoms with Gasteiger partial charge in [-0.15, -0.1) is 0 Å². The highest BCUT2D eigenvalue weighted by atomic mass is 16.5. The van der Waals surface area contributed by atoms with E-state index in [1.165, 1.54) is 0 Å². The predicted octanol–water partition coefficient (Wildman–Crippen LogP) is 4.23. The van der Waals surface area contributed by atoms with Crippen LogP contribution in [0.2, 0.25) is 0 Å². The summed E-state index contributed by atoms with van der Waals surface area (Å²) in [6, 6.07) is 10.6. The van der Waals surface area contributed by atoms with Crippen molar-refractivity contribution in [1.29, 1.82) is 0 Å². The summed E-state index contributed by atoms with van der Waals surface area (Å²) >= 11 is 0. The van der Waals surface area contributed by atoms with Gasteiger partial charge in [-0.05, 0) is 56.5 Å². The van der Waals surface area contributed by atoms with E-state index in [9.17, 15) is 4.79 Å². The molecule has 8 heteroatoms. The van der Waals surface area contributed by atoms with Crippen molar-refractivity contribution in [3.8, 4) is 0 Å². The fourth-order valence-electron chi connectivity index (χ4n) is 4.24. The van der Waals surface area contributed by atoms with E-state index >= 15 is 0 Å². The highest BCUT2D eigenvalue weighted by Gasteiger charge is 2.24. The van der Waals surface area contributed by atoms with Gasteiger partial charge in [0.15, 0.2) is 0 Å². The van der Waals surface area contributed by atoms with Crippen LogP contribution in [0, 0.1) is 6.92 Å². The summed E-state index contributed by atoms with van der Waals surface area (Å²) in [5.74, 6) is 2.34. The molecule has 0 aliphatic carbocycles.